The highest BCUT2D eigenvalue weighted by molar-refractivity contribution is 6.11. The van der Waals surface area contributed by atoms with Crippen LogP contribution in [0.4, 0.5) is 34.1 Å². The molecule has 1 heterocycles. The maximum absolute atomic E-state index is 2.48. The highest BCUT2D eigenvalue weighted by atomic mass is 15.2. The van der Waals surface area contributed by atoms with Gasteiger partial charge >= 0.3 is 0 Å². The van der Waals surface area contributed by atoms with Crippen LogP contribution in [0, 0.1) is 0 Å². The van der Waals surface area contributed by atoms with Crippen LogP contribution in [0.5, 0.6) is 0 Å². The number of fused-ring (bicyclic) bond motifs is 13. The summed E-state index contributed by atoms with van der Waals surface area (Å²) in [5.74, 6) is 0. The molecule has 0 saturated carbocycles. The van der Waals surface area contributed by atoms with E-state index < -0.39 is 5.41 Å². The van der Waals surface area contributed by atoms with Gasteiger partial charge in [-0.15, -0.1) is 0 Å². The third kappa shape index (κ3) is 5.88. The van der Waals surface area contributed by atoms with E-state index in [0.29, 0.717) is 0 Å². The standard InChI is InChI=1S/C67H45N3/c1-5-22-46(23-6-1)47-24-19-31-51(44-47)68(48-25-7-2-8-26-48)62-40-20-37-59-65(62)55-33-13-16-35-57(55)67(59)58-36-17-14-34-56(58)66-60(67)38-21-41-63(66)69(49-27-9-3-10-28-49)52-42-43-54-53-32-15-18-39-61(53)70(64(54)45-52)50-29-11-4-12-30-50/h1-45H. The van der Waals surface area contributed by atoms with Crippen molar-refractivity contribution < 1.29 is 0 Å². The number of rotatable bonds is 8. The normalized spacial score (nSPS) is 14.1. The van der Waals surface area contributed by atoms with Crippen molar-refractivity contribution in [3.05, 3.63) is 295 Å². The van der Waals surface area contributed by atoms with Crippen LogP contribution in [0.1, 0.15) is 22.3 Å². The van der Waals surface area contributed by atoms with Gasteiger partial charge in [0.15, 0.2) is 0 Å². The van der Waals surface area contributed by atoms with Crippen molar-refractivity contribution in [1.29, 1.82) is 0 Å². The second kappa shape index (κ2) is 16.0. The van der Waals surface area contributed by atoms with Crippen molar-refractivity contribution in [1.82, 2.24) is 4.57 Å². The Labute approximate surface area is 408 Å². The number of hydrogen-bond donors (Lipinski definition) is 0. The van der Waals surface area contributed by atoms with Gasteiger partial charge < -0.3 is 14.4 Å². The molecule has 2 aliphatic rings. The summed E-state index contributed by atoms with van der Waals surface area (Å²) in [6, 6.07) is 100. The summed E-state index contributed by atoms with van der Waals surface area (Å²) in [6.07, 6.45) is 0. The van der Waals surface area contributed by atoms with E-state index in [1.54, 1.807) is 0 Å². The van der Waals surface area contributed by atoms with Gasteiger partial charge in [0.2, 0.25) is 0 Å². The Balaban J connectivity index is 1.02. The number of aromatic nitrogens is 1. The van der Waals surface area contributed by atoms with Crippen LogP contribution in [-0.2, 0) is 5.41 Å². The van der Waals surface area contributed by atoms with E-state index in [1.807, 2.05) is 0 Å². The predicted molar refractivity (Wildman–Crippen MR) is 292 cm³/mol. The first-order chi connectivity index (χ1) is 34.8. The Bertz CT molecular complexity index is 3950. The molecule has 0 saturated heterocycles. The van der Waals surface area contributed by atoms with Gasteiger partial charge in [0.1, 0.15) is 0 Å². The third-order valence-corrected chi connectivity index (χ3v) is 14.7. The monoisotopic (exact) mass is 891 g/mol. The molecule has 1 aromatic heterocycles. The summed E-state index contributed by atoms with van der Waals surface area (Å²) in [4.78, 5) is 4.94. The fourth-order valence-corrected chi connectivity index (χ4v) is 12.0. The molecule has 70 heavy (non-hydrogen) atoms. The van der Waals surface area contributed by atoms with Gasteiger partial charge in [0.05, 0.1) is 27.8 Å². The van der Waals surface area contributed by atoms with Crippen LogP contribution in [0.2, 0.25) is 0 Å². The SMILES string of the molecule is c1ccc(-c2cccc(N(c3ccccc3)c3cccc4c3-c3ccccc3C43c4ccccc4-c4c(N(c5ccccc5)c5ccc6c7ccccc7n(-c7ccccc7)c6c5)cccc43)c2)cc1. The van der Waals surface area contributed by atoms with E-state index in [0.717, 1.165) is 39.8 Å². The van der Waals surface area contributed by atoms with Gasteiger partial charge in [-0.25, -0.2) is 0 Å². The van der Waals surface area contributed by atoms with Crippen molar-refractivity contribution in [2.45, 2.75) is 5.41 Å². The lowest BCUT2D eigenvalue weighted by molar-refractivity contribution is 0.793. The van der Waals surface area contributed by atoms with Crippen molar-refractivity contribution in [2.75, 3.05) is 9.80 Å². The quantitative estimate of drug-likeness (QED) is 0.151. The molecule has 2 aliphatic carbocycles. The molecule has 12 aromatic rings. The number of nitrogens with zero attached hydrogens (tertiary/aromatic N) is 3. The maximum Gasteiger partial charge on any atom is 0.0727 e. The first kappa shape index (κ1) is 39.9. The van der Waals surface area contributed by atoms with Crippen molar-refractivity contribution >= 4 is 55.9 Å². The largest absolute Gasteiger partial charge is 0.310 e. The second-order valence-corrected chi connectivity index (χ2v) is 18.4. The highest BCUT2D eigenvalue weighted by Gasteiger charge is 2.53. The molecule has 1 unspecified atom stereocenters. The van der Waals surface area contributed by atoms with Crippen LogP contribution < -0.4 is 9.80 Å². The van der Waals surface area contributed by atoms with Crippen molar-refractivity contribution in [2.24, 2.45) is 0 Å². The van der Waals surface area contributed by atoms with E-state index >= 15 is 0 Å². The number of para-hydroxylation sites is 4. The average Bonchev–Trinajstić information content (AvgIpc) is 4.05. The van der Waals surface area contributed by atoms with Gasteiger partial charge in [-0.1, -0.05) is 194 Å². The molecule has 0 amide bonds. The topological polar surface area (TPSA) is 11.4 Å². The lowest BCUT2D eigenvalue weighted by atomic mass is 9.70. The number of anilines is 6. The average molecular weight is 892 g/mol. The first-order valence-electron chi connectivity index (χ1n) is 24.2. The van der Waals surface area contributed by atoms with Crippen LogP contribution in [-0.4, -0.2) is 4.57 Å². The fraction of sp³-hybridized carbons (Fsp3) is 0.0149. The highest BCUT2D eigenvalue weighted by Crippen LogP contribution is 2.66. The summed E-state index contributed by atoms with van der Waals surface area (Å²) in [5, 5.41) is 2.47. The molecule has 11 aromatic carbocycles. The lowest BCUT2D eigenvalue weighted by Gasteiger charge is -2.32. The van der Waals surface area contributed by atoms with Crippen molar-refractivity contribution in [3.63, 3.8) is 0 Å². The van der Waals surface area contributed by atoms with Gasteiger partial charge in [0, 0.05) is 50.3 Å². The fourth-order valence-electron chi connectivity index (χ4n) is 12.0. The van der Waals surface area contributed by atoms with E-state index in [4.69, 9.17) is 0 Å². The second-order valence-electron chi connectivity index (χ2n) is 18.4. The molecular weight excluding hydrogens is 847 g/mol. The number of benzene rings is 11. The molecule has 1 atom stereocenters. The summed E-state index contributed by atoms with van der Waals surface area (Å²) in [7, 11) is 0. The maximum atomic E-state index is 2.48. The van der Waals surface area contributed by atoms with Gasteiger partial charge in [-0.05, 0) is 123 Å². The van der Waals surface area contributed by atoms with E-state index in [2.05, 4.69) is 287 Å². The van der Waals surface area contributed by atoms with E-state index in [9.17, 15) is 0 Å². The smallest absolute Gasteiger partial charge is 0.0727 e. The van der Waals surface area contributed by atoms with Gasteiger partial charge in [-0.3, -0.25) is 0 Å². The van der Waals surface area contributed by atoms with Crippen LogP contribution in [0.15, 0.2) is 273 Å². The molecule has 0 aliphatic heterocycles. The Morgan fingerprint density at radius 2 is 0.729 bits per heavy atom. The summed E-state index contributed by atoms with van der Waals surface area (Å²) >= 11 is 0. The molecule has 328 valence electrons. The zero-order chi connectivity index (χ0) is 46.2. The summed E-state index contributed by atoms with van der Waals surface area (Å²) in [5.41, 5.74) is 22.1. The molecule has 0 fully saturated rings. The minimum Gasteiger partial charge on any atom is -0.310 e. The van der Waals surface area contributed by atoms with Crippen LogP contribution in [0.3, 0.4) is 0 Å². The minimum absolute atomic E-state index is 0.593. The Morgan fingerprint density at radius 3 is 1.34 bits per heavy atom. The Kier molecular flexibility index (Phi) is 9.11. The van der Waals surface area contributed by atoms with Crippen molar-refractivity contribution in [3.8, 4) is 39.1 Å². The number of hydrogen-bond acceptors (Lipinski definition) is 2. The van der Waals surface area contributed by atoms with Crippen LogP contribution >= 0.6 is 0 Å². The Morgan fingerprint density at radius 1 is 0.286 bits per heavy atom. The lowest BCUT2D eigenvalue weighted by Crippen LogP contribution is -2.26. The van der Waals surface area contributed by atoms with Crippen LogP contribution in [0.25, 0.3) is 60.9 Å². The van der Waals surface area contributed by atoms with E-state index in [-0.39, 0.29) is 0 Å². The molecule has 0 bridgehead atoms. The van der Waals surface area contributed by atoms with Gasteiger partial charge in [0.25, 0.3) is 0 Å². The molecule has 3 nitrogen and oxygen atoms in total. The molecule has 0 N–H and O–H groups in total. The zero-order valence-corrected chi connectivity index (χ0v) is 38.3. The first-order valence-corrected chi connectivity index (χ1v) is 24.2. The molecular formula is C67H45N3. The molecule has 1 spiro atoms. The molecule has 14 rings (SSSR count). The molecule has 0 radical (unpaired) electrons. The minimum atomic E-state index is -0.593. The van der Waals surface area contributed by atoms with Gasteiger partial charge in [-0.2, -0.15) is 0 Å². The predicted octanol–water partition coefficient (Wildman–Crippen LogP) is 17.7. The summed E-state index contributed by atoms with van der Waals surface area (Å²) in [6.45, 7) is 0. The third-order valence-electron chi connectivity index (χ3n) is 14.7. The Hall–Kier alpha value is -9.18. The molecule has 3 heteroatoms. The van der Waals surface area contributed by atoms with E-state index in [1.165, 1.54) is 77.4 Å². The zero-order valence-electron chi connectivity index (χ0n) is 38.3. The summed E-state index contributed by atoms with van der Waals surface area (Å²) < 4.78 is 2.41.